The Hall–Kier alpha value is -4.88. The first kappa shape index (κ1) is 23.5. The van der Waals surface area contributed by atoms with Gasteiger partial charge in [-0.25, -0.2) is 0 Å². The largest absolute Gasteiger partial charge is 0.360 e. The molecule has 0 aliphatic heterocycles. The molecule has 38 heavy (non-hydrogen) atoms. The van der Waals surface area contributed by atoms with Gasteiger partial charge < -0.3 is 15.6 Å². The minimum atomic E-state index is -0.321. The Kier molecular flexibility index (Phi) is 5.90. The van der Waals surface area contributed by atoms with E-state index in [-0.39, 0.29) is 23.3 Å². The molecule has 2 aliphatic carbocycles. The molecule has 2 amide bonds. The Morgan fingerprint density at radius 3 is 2.53 bits per heavy atom. The maximum Gasteiger partial charge on any atom is 0.255 e. The van der Waals surface area contributed by atoms with E-state index in [4.69, 9.17) is 11.6 Å². The van der Waals surface area contributed by atoms with Crippen LogP contribution in [0.25, 0.3) is 16.6 Å². The van der Waals surface area contributed by atoms with E-state index >= 15 is 0 Å². The number of nitrogens with zero attached hydrogens (tertiary/aromatic N) is 1. The summed E-state index contributed by atoms with van der Waals surface area (Å²) < 4.78 is 1.50. The Morgan fingerprint density at radius 1 is 0.921 bits per heavy atom. The van der Waals surface area contributed by atoms with Gasteiger partial charge in [0.05, 0.1) is 16.4 Å². The maximum absolute atomic E-state index is 13.2. The number of aromatic nitrogens is 2. The Morgan fingerprint density at radius 2 is 1.71 bits per heavy atom. The van der Waals surface area contributed by atoms with E-state index in [0.29, 0.717) is 33.2 Å². The zero-order valence-corrected chi connectivity index (χ0v) is 20.7. The van der Waals surface area contributed by atoms with Gasteiger partial charge in [0.25, 0.3) is 17.4 Å². The highest BCUT2D eigenvalue weighted by Crippen LogP contribution is 2.34. The SMILES string of the molecule is O=C(NC1=C(NC(=O)c2ccc(-n3ccccc3=O)cc2)C2C=CC=CC2=C1)c1ccc2c(Cl)c[nH]c2c1. The summed E-state index contributed by atoms with van der Waals surface area (Å²) in [5, 5.41) is 7.39. The first-order chi connectivity index (χ1) is 18.5. The average Bonchev–Trinajstić information content (AvgIpc) is 3.48. The molecule has 186 valence electrons. The number of pyridine rings is 1. The van der Waals surface area contributed by atoms with Crippen LogP contribution in [0.2, 0.25) is 5.02 Å². The number of allylic oxidation sites excluding steroid dienone is 5. The van der Waals surface area contributed by atoms with Gasteiger partial charge in [0.1, 0.15) is 0 Å². The summed E-state index contributed by atoms with van der Waals surface area (Å²) in [5.41, 5.74) is 4.22. The predicted octanol–water partition coefficient (Wildman–Crippen LogP) is 5.03. The fourth-order valence-electron chi connectivity index (χ4n) is 4.65. The quantitative estimate of drug-likeness (QED) is 0.344. The third-order valence-corrected chi connectivity index (χ3v) is 6.91. The predicted molar refractivity (Wildman–Crippen MR) is 147 cm³/mol. The van der Waals surface area contributed by atoms with E-state index in [0.717, 1.165) is 16.5 Å². The number of carbonyl (C=O) groups is 2. The molecule has 2 aromatic heterocycles. The van der Waals surface area contributed by atoms with Crippen molar-refractivity contribution in [2.75, 3.05) is 0 Å². The lowest BCUT2D eigenvalue weighted by molar-refractivity contribution is 0.0948. The van der Waals surface area contributed by atoms with Crippen molar-refractivity contribution in [1.29, 1.82) is 0 Å². The number of halogens is 1. The molecule has 0 spiro atoms. The van der Waals surface area contributed by atoms with Crippen LogP contribution in [0.3, 0.4) is 0 Å². The number of nitrogens with one attached hydrogen (secondary N) is 3. The van der Waals surface area contributed by atoms with Crippen LogP contribution in [-0.4, -0.2) is 21.4 Å². The maximum atomic E-state index is 13.2. The number of hydrogen-bond donors (Lipinski definition) is 3. The minimum Gasteiger partial charge on any atom is -0.360 e. The summed E-state index contributed by atoms with van der Waals surface area (Å²) in [4.78, 5) is 41.6. The normalized spacial score (nSPS) is 15.9. The van der Waals surface area contributed by atoms with Gasteiger partial charge in [0.2, 0.25) is 0 Å². The van der Waals surface area contributed by atoms with Gasteiger partial charge in [-0.05, 0) is 54.1 Å². The van der Waals surface area contributed by atoms with Crippen LogP contribution in [0, 0.1) is 5.92 Å². The summed E-state index contributed by atoms with van der Waals surface area (Å²) >= 11 is 6.16. The van der Waals surface area contributed by atoms with Crippen LogP contribution in [-0.2, 0) is 0 Å². The molecule has 2 aliphatic rings. The number of aromatic amines is 1. The van der Waals surface area contributed by atoms with Gasteiger partial charge >= 0.3 is 0 Å². The zero-order valence-electron chi connectivity index (χ0n) is 19.9. The Bertz CT molecular complexity index is 1790. The topological polar surface area (TPSA) is 96.0 Å². The van der Waals surface area contributed by atoms with Crippen molar-refractivity contribution >= 4 is 34.3 Å². The average molecular weight is 521 g/mol. The number of hydrogen-bond acceptors (Lipinski definition) is 3. The van der Waals surface area contributed by atoms with Crippen molar-refractivity contribution in [3.8, 4) is 5.69 Å². The fraction of sp³-hybridized carbons (Fsp3) is 0.0333. The van der Waals surface area contributed by atoms with Crippen molar-refractivity contribution in [1.82, 2.24) is 20.2 Å². The summed E-state index contributed by atoms with van der Waals surface area (Å²) in [7, 11) is 0. The van der Waals surface area contributed by atoms with Gasteiger partial charge in [-0.1, -0.05) is 48.0 Å². The molecule has 8 heteroatoms. The van der Waals surface area contributed by atoms with Crippen molar-refractivity contribution in [2.24, 2.45) is 5.92 Å². The Labute approximate surface area is 222 Å². The molecular weight excluding hydrogens is 500 g/mol. The fourth-order valence-corrected chi connectivity index (χ4v) is 4.87. The zero-order chi connectivity index (χ0) is 26.2. The van der Waals surface area contributed by atoms with E-state index < -0.39 is 0 Å². The van der Waals surface area contributed by atoms with Gasteiger partial charge in [-0.15, -0.1) is 0 Å². The molecular formula is C30H21ClN4O3. The van der Waals surface area contributed by atoms with Crippen LogP contribution in [0.5, 0.6) is 0 Å². The second-order valence-corrected chi connectivity index (χ2v) is 9.36. The van der Waals surface area contributed by atoms with Crippen LogP contribution in [0.1, 0.15) is 20.7 Å². The molecule has 2 aromatic carbocycles. The smallest absolute Gasteiger partial charge is 0.255 e. The molecule has 6 rings (SSSR count). The lowest BCUT2D eigenvalue weighted by Crippen LogP contribution is -2.31. The number of H-pyrrole nitrogens is 1. The summed E-state index contributed by atoms with van der Waals surface area (Å²) in [5.74, 6) is -0.814. The lowest BCUT2D eigenvalue weighted by Gasteiger charge is -2.18. The standard InChI is InChI=1S/C30H21ClN4O3/c31-24-17-32-25-16-20(10-13-23(24)25)30(38)33-26-15-19-5-1-2-6-22(19)28(26)34-29(37)18-8-11-21(12-9-18)35-14-4-3-7-27(35)36/h1-17,22,32H,(H,33,38)(H,34,37). The monoisotopic (exact) mass is 520 g/mol. The van der Waals surface area contributed by atoms with Gasteiger partial charge in [-0.2, -0.15) is 0 Å². The van der Waals surface area contributed by atoms with E-state index in [1.807, 2.05) is 30.4 Å². The van der Waals surface area contributed by atoms with E-state index in [1.165, 1.54) is 10.6 Å². The van der Waals surface area contributed by atoms with Crippen molar-refractivity contribution < 1.29 is 9.59 Å². The minimum absolute atomic E-state index is 0.157. The van der Waals surface area contributed by atoms with Gasteiger partial charge in [-0.3, -0.25) is 19.0 Å². The number of amides is 2. The summed E-state index contributed by atoms with van der Waals surface area (Å²) in [6, 6.07) is 16.9. The number of rotatable bonds is 5. The van der Waals surface area contributed by atoms with Crippen molar-refractivity contribution in [3.63, 3.8) is 0 Å². The molecule has 1 atom stereocenters. The third kappa shape index (κ3) is 4.29. The molecule has 0 bridgehead atoms. The highest BCUT2D eigenvalue weighted by atomic mass is 35.5. The van der Waals surface area contributed by atoms with Crippen molar-refractivity contribution in [3.05, 3.63) is 147 Å². The first-order valence-electron chi connectivity index (χ1n) is 12.0. The van der Waals surface area contributed by atoms with E-state index in [2.05, 4.69) is 15.6 Å². The lowest BCUT2D eigenvalue weighted by atomic mass is 9.95. The molecule has 0 radical (unpaired) electrons. The van der Waals surface area contributed by atoms with Crippen LogP contribution < -0.4 is 16.2 Å². The number of benzene rings is 2. The summed E-state index contributed by atoms with van der Waals surface area (Å²) in [6.45, 7) is 0. The molecule has 0 saturated carbocycles. The van der Waals surface area contributed by atoms with Crippen LogP contribution in [0.4, 0.5) is 0 Å². The second kappa shape index (κ2) is 9.53. The first-order valence-corrected chi connectivity index (χ1v) is 12.3. The number of fused-ring (bicyclic) bond motifs is 2. The Balaban J connectivity index is 1.26. The molecule has 0 saturated heterocycles. The highest BCUT2D eigenvalue weighted by molar-refractivity contribution is 6.35. The number of carbonyl (C=O) groups excluding carboxylic acids is 2. The van der Waals surface area contributed by atoms with Crippen LogP contribution in [0.15, 0.2) is 125 Å². The molecule has 2 heterocycles. The van der Waals surface area contributed by atoms with E-state index in [9.17, 15) is 14.4 Å². The molecule has 0 fully saturated rings. The highest BCUT2D eigenvalue weighted by Gasteiger charge is 2.29. The van der Waals surface area contributed by atoms with Gasteiger partial charge in [0, 0.05) is 52.1 Å². The van der Waals surface area contributed by atoms with E-state index in [1.54, 1.807) is 67.0 Å². The molecule has 7 nitrogen and oxygen atoms in total. The molecule has 3 N–H and O–H groups in total. The second-order valence-electron chi connectivity index (χ2n) is 8.95. The third-order valence-electron chi connectivity index (χ3n) is 6.59. The summed E-state index contributed by atoms with van der Waals surface area (Å²) in [6.07, 6.45) is 13.0. The van der Waals surface area contributed by atoms with Crippen LogP contribution >= 0.6 is 11.6 Å². The molecule has 1 unspecified atom stereocenters. The van der Waals surface area contributed by atoms with Gasteiger partial charge in [0.15, 0.2) is 0 Å². The van der Waals surface area contributed by atoms with Crippen molar-refractivity contribution in [2.45, 2.75) is 0 Å². The molecule has 4 aromatic rings.